The van der Waals surface area contributed by atoms with Crippen molar-refractivity contribution in [3.63, 3.8) is 0 Å². The minimum absolute atomic E-state index is 0.0174. The molecular formula is C20H33N3O2. The Morgan fingerprint density at radius 3 is 2.48 bits per heavy atom. The normalized spacial score (nSPS) is 36.2. The molecule has 4 atom stereocenters. The minimum Gasteiger partial charge on any atom is -0.350 e. The highest BCUT2D eigenvalue weighted by atomic mass is 16.2. The summed E-state index contributed by atoms with van der Waals surface area (Å²) < 4.78 is 0. The van der Waals surface area contributed by atoms with E-state index >= 15 is 0 Å². The van der Waals surface area contributed by atoms with Crippen LogP contribution in [0.5, 0.6) is 0 Å². The molecule has 2 saturated carbocycles. The first-order valence-electron chi connectivity index (χ1n) is 10.6. The molecule has 0 spiro atoms. The van der Waals surface area contributed by atoms with E-state index in [2.05, 4.69) is 10.6 Å². The molecule has 2 heterocycles. The topological polar surface area (TPSA) is 61.4 Å². The summed E-state index contributed by atoms with van der Waals surface area (Å²) in [5.74, 6) is 1.42. The number of likely N-dealkylation sites (tertiary alicyclic amines) is 1. The molecule has 2 saturated heterocycles. The van der Waals surface area contributed by atoms with Crippen molar-refractivity contribution in [3.05, 3.63) is 0 Å². The van der Waals surface area contributed by atoms with Crippen LogP contribution in [0, 0.1) is 11.8 Å². The second kappa shape index (κ2) is 7.65. The highest BCUT2D eigenvalue weighted by Crippen LogP contribution is 2.33. The average Bonchev–Trinajstić information content (AvgIpc) is 3.28. The second-order valence-electron chi connectivity index (χ2n) is 8.72. The number of amides is 2. The van der Waals surface area contributed by atoms with Gasteiger partial charge in [-0.2, -0.15) is 0 Å². The van der Waals surface area contributed by atoms with E-state index in [9.17, 15) is 9.59 Å². The van der Waals surface area contributed by atoms with Gasteiger partial charge in [0.2, 0.25) is 11.8 Å². The van der Waals surface area contributed by atoms with Gasteiger partial charge in [0.25, 0.3) is 0 Å². The van der Waals surface area contributed by atoms with Crippen molar-refractivity contribution < 1.29 is 9.59 Å². The lowest BCUT2D eigenvalue weighted by molar-refractivity contribution is -0.135. The summed E-state index contributed by atoms with van der Waals surface area (Å²) in [6.07, 6.45) is 12.8. The van der Waals surface area contributed by atoms with Crippen molar-refractivity contribution in [1.29, 1.82) is 0 Å². The quantitative estimate of drug-likeness (QED) is 0.823. The summed E-state index contributed by atoms with van der Waals surface area (Å²) in [6, 6.07) is 0.679. The van der Waals surface area contributed by atoms with Gasteiger partial charge in [-0.05, 0) is 44.4 Å². The molecule has 4 unspecified atom stereocenters. The third kappa shape index (κ3) is 3.86. The van der Waals surface area contributed by atoms with Crippen molar-refractivity contribution in [2.75, 3.05) is 13.1 Å². The SMILES string of the molecule is O=C(NC1CCN(C(=O)C2CCCCC2)C1)C1CC2CCCCC2N1. The average molecular weight is 348 g/mol. The molecule has 5 nitrogen and oxygen atoms in total. The summed E-state index contributed by atoms with van der Waals surface area (Å²) in [6.45, 7) is 1.52. The summed E-state index contributed by atoms with van der Waals surface area (Å²) in [5.41, 5.74) is 0. The molecule has 25 heavy (non-hydrogen) atoms. The molecule has 0 aromatic carbocycles. The van der Waals surface area contributed by atoms with Crippen LogP contribution in [0.25, 0.3) is 0 Å². The zero-order chi connectivity index (χ0) is 17.2. The van der Waals surface area contributed by atoms with Gasteiger partial charge in [-0.1, -0.05) is 32.1 Å². The molecule has 140 valence electrons. The summed E-state index contributed by atoms with van der Waals surface area (Å²) in [7, 11) is 0. The van der Waals surface area contributed by atoms with Gasteiger partial charge in [-0.25, -0.2) is 0 Å². The molecule has 0 bridgehead atoms. The van der Waals surface area contributed by atoms with E-state index in [1.807, 2.05) is 4.90 Å². The monoisotopic (exact) mass is 347 g/mol. The zero-order valence-corrected chi connectivity index (χ0v) is 15.3. The Morgan fingerprint density at radius 1 is 0.920 bits per heavy atom. The van der Waals surface area contributed by atoms with Crippen LogP contribution in [0.1, 0.15) is 70.6 Å². The van der Waals surface area contributed by atoms with Crippen molar-refractivity contribution in [1.82, 2.24) is 15.5 Å². The molecule has 4 rings (SSSR count). The molecular weight excluding hydrogens is 314 g/mol. The number of hydrogen-bond acceptors (Lipinski definition) is 3. The molecule has 2 aliphatic heterocycles. The number of nitrogens with zero attached hydrogens (tertiary/aromatic N) is 1. The van der Waals surface area contributed by atoms with Gasteiger partial charge >= 0.3 is 0 Å². The van der Waals surface area contributed by atoms with E-state index in [1.54, 1.807) is 0 Å². The lowest BCUT2D eigenvalue weighted by Crippen LogP contribution is -2.48. The third-order valence-corrected chi connectivity index (χ3v) is 6.98. The first kappa shape index (κ1) is 17.3. The molecule has 2 amide bonds. The Bertz CT molecular complexity index is 489. The van der Waals surface area contributed by atoms with E-state index in [4.69, 9.17) is 0 Å². The summed E-state index contributed by atoms with van der Waals surface area (Å²) in [4.78, 5) is 27.3. The van der Waals surface area contributed by atoms with Crippen LogP contribution < -0.4 is 10.6 Å². The van der Waals surface area contributed by atoms with Crippen LogP contribution in [0.4, 0.5) is 0 Å². The minimum atomic E-state index is -0.0174. The van der Waals surface area contributed by atoms with Gasteiger partial charge in [0.1, 0.15) is 0 Å². The predicted molar refractivity (Wildman–Crippen MR) is 97.0 cm³/mol. The van der Waals surface area contributed by atoms with E-state index in [-0.39, 0.29) is 23.9 Å². The maximum absolute atomic E-state index is 12.7. The van der Waals surface area contributed by atoms with E-state index < -0.39 is 0 Å². The van der Waals surface area contributed by atoms with Crippen LogP contribution in [0.2, 0.25) is 0 Å². The number of rotatable bonds is 3. The van der Waals surface area contributed by atoms with Crippen LogP contribution >= 0.6 is 0 Å². The largest absolute Gasteiger partial charge is 0.350 e. The third-order valence-electron chi connectivity index (χ3n) is 6.98. The number of hydrogen-bond donors (Lipinski definition) is 2. The Labute approximate surface area is 151 Å². The fourth-order valence-corrected chi connectivity index (χ4v) is 5.51. The molecule has 0 aromatic heterocycles. The Hall–Kier alpha value is -1.10. The molecule has 2 N–H and O–H groups in total. The maximum Gasteiger partial charge on any atom is 0.237 e. The molecule has 0 radical (unpaired) electrons. The van der Waals surface area contributed by atoms with Gasteiger partial charge in [0.15, 0.2) is 0 Å². The molecule has 4 aliphatic rings. The lowest BCUT2D eigenvalue weighted by atomic mass is 9.85. The van der Waals surface area contributed by atoms with E-state index in [0.717, 1.165) is 32.2 Å². The van der Waals surface area contributed by atoms with Gasteiger partial charge in [-0.15, -0.1) is 0 Å². The maximum atomic E-state index is 12.7. The Balaban J connectivity index is 1.25. The zero-order valence-electron chi connectivity index (χ0n) is 15.3. The number of nitrogens with one attached hydrogen (secondary N) is 2. The van der Waals surface area contributed by atoms with Gasteiger partial charge < -0.3 is 15.5 Å². The van der Waals surface area contributed by atoms with E-state index in [0.29, 0.717) is 24.4 Å². The van der Waals surface area contributed by atoms with Crippen LogP contribution in [-0.4, -0.2) is 47.9 Å². The second-order valence-corrected chi connectivity index (χ2v) is 8.72. The Morgan fingerprint density at radius 2 is 1.68 bits per heavy atom. The van der Waals surface area contributed by atoms with Crippen molar-refractivity contribution in [2.45, 2.75) is 88.8 Å². The van der Waals surface area contributed by atoms with Crippen LogP contribution in [-0.2, 0) is 9.59 Å². The highest BCUT2D eigenvalue weighted by molar-refractivity contribution is 5.83. The molecule has 5 heteroatoms. The van der Waals surface area contributed by atoms with Gasteiger partial charge in [0, 0.05) is 31.1 Å². The van der Waals surface area contributed by atoms with Crippen LogP contribution in [0.15, 0.2) is 0 Å². The van der Waals surface area contributed by atoms with Gasteiger partial charge in [-0.3, -0.25) is 9.59 Å². The fraction of sp³-hybridized carbons (Fsp3) is 0.900. The fourth-order valence-electron chi connectivity index (χ4n) is 5.51. The van der Waals surface area contributed by atoms with Gasteiger partial charge in [0.05, 0.1) is 6.04 Å². The van der Waals surface area contributed by atoms with Crippen LogP contribution in [0.3, 0.4) is 0 Å². The number of fused-ring (bicyclic) bond motifs is 1. The smallest absolute Gasteiger partial charge is 0.237 e. The van der Waals surface area contributed by atoms with Crippen molar-refractivity contribution in [2.24, 2.45) is 11.8 Å². The number of carbonyl (C=O) groups excluding carboxylic acids is 2. The van der Waals surface area contributed by atoms with Crippen molar-refractivity contribution >= 4 is 11.8 Å². The summed E-state index contributed by atoms with van der Waals surface area (Å²) >= 11 is 0. The molecule has 4 fully saturated rings. The summed E-state index contributed by atoms with van der Waals surface area (Å²) in [5, 5.41) is 6.78. The number of carbonyl (C=O) groups is 2. The highest BCUT2D eigenvalue weighted by Gasteiger charge is 2.39. The first-order chi connectivity index (χ1) is 12.2. The molecule has 0 aromatic rings. The Kier molecular flexibility index (Phi) is 5.30. The first-order valence-corrected chi connectivity index (χ1v) is 10.6. The van der Waals surface area contributed by atoms with Crippen molar-refractivity contribution in [3.8, 4) is 0 Å². The predicted octanol–water partition coefficient (Wildman–Crippen LogP) is 2.20. The molecule has 2 aliphatic carbocycles. The lowest BCUT2D eigenvalue weighted by Gasteiger charge is -2.26. The van der Waals surface area contributed by atoms with E-state index in [1.165, 1.54) is 44.9 Å². The standard InChI is InChI=1S/C20H33N3O2/c24-19(18-12-15-8-4-5-9-17(15)22-18)21-16-10-11-23(13-16)20(25)14-6-2-1-3-7-14/h14-18,22H,1-13H2,(H,21,24).